The summed E-state index contributed by atoms with van der Waals surface area (Å²) in [5, 5.41) is 2.29. The van der Waals surface area contributed by atoms with E-state index in [1.165, 1.54) is 33.0 Å². The lowest BCUT2D eigenvalue weighted by Gasteiger charge is -2.26. The molecule has 1 aromatic heterocycles. The van der Waals surface area contributed by atoms with Crippen molar-refractivity contribution in [3.63, 3.8) is 0 Å². The fourth-order valence-electron chi connectivity index (χ4n) is 2.47. The Bertz CT molecular complexity index is 979. The second kappa shape index (κ2) is 14.1. The third-order valence-electron chi connectivity index (χ3n) is 3.85. The van der Waals surface area contributed by atoms with Gasteiger partial charge in [-0.3, -0.25) is 14.7 Å². The number of nitrogens with one attached hydrogen (secondary N) is 1. The minimum Gasteiger partial charge on any atom is -0.462 e. The summed E-state index contributed by atoms with van der Waals surface area (Å²) < 4.78 is 53.9. The highest BCUT2D eigenvalue weighted by Crippen LogP contribution is 2.16. The van der Waals surface area contributed by atoms with Crippen LogP contribution in [0.4, 0.5) is 24.2 Å². The summed E-state index contributed by atoms with van der Waals surface area (Å²) in [6, 6.07) is 1.25. The first-order chi connectivity index (χ1) is 17.0. The number of nitrogens with zero attached hydrogens (tertiary/aromatic N) is 2. The highest BCUT2D eigenvalue weighted by molar-refractivity contribution is 6.26. The van der Waals surface area contributed by atoms with Crippen LogP contribution in [-0.4, -0.2) is 76.7 Å². The van der Waals surface area contributed by atoms with Crippen LogP contribution in [0, 0.1) is 0 Å². The Morgan fingerprint density at radius 2 is 1.76 bits per heavy atom. The molecule has 0 aromatic carbocycles. The summed E-state index contributed by atoms with van der Waals surface area (Å²) in [7, 11) is 0. The maximum atomic E-state index is 14.7. The predicted molar refractivity (Wildman–Crippen MR) is 127 cm³/mol. The molecular weight excluding hydrogens is 524 g/mol. The Morgan fingerprint density at radius 3 is 2.27 bits per heavy atom. The minimum absolute atomic E-state index is 0.117. The molecule has 1 heterocycles. The van der Waals surface area contributed by atoms with Gasteiger partial charge in [-0.25, -0.2) is 18.8 Å². The van der Waals surface area contributed by atoms with Crippen LogP contribution in [0.5, 0.6) is 0 Å². The summed E-state index contributed by atoms with van der Waals surface area (Å²) in [4.78, 5) is 51.1. The number of aromatic nitrogens is 2. The Balaban J connectivity index is 2.94. The number of esters is 1. The lowest BCUT2D eigenvalue weighted by atomic mass is 10.2. The van der Waals surface area contributed by atoms with Crippen LogP contribution in [0.1, 0.15) is 41.5 Å². The number of rotatable bonds is 11. The summed E-state index contributed by atoms with van der Waals surface area (Å²) in [6.45, 7) is 7.10. The van der Waals surface area contributed by atoms with Crippen LogP contribution in [0.2, 0.25) is 0 Å². The SMILES string of the molecule is CC(C)(C)OC(=O)Nc1ccn(C[C@@H](CF)O[C@H](COC(=O)CCl)[C@H](F)OC(=O)OC(C)(C)C)c(=O)n1. The van der Waals surface area contributed by atoms with Crippen molar-refractivity contribution in [3.8, 4) is 0 Å². The number of anilines is 1. The fourth-order valence-corrected chi connectivity index (χ4v) is 2.55. The van der Waals surface area contributed by atoms with Crippen molar-refractivity contribution in [2.45, 2.75) is 77.9 Å². The summed E-state index contributed by atoms with van der Waals surface area (Å²) in [5.41, 5.74) is -2.65. The van der Waals surface area contributed by atoms with Gasteiger partial charge in [0.15, 0.2) is 6.10 Å². The number of carbonyl (C=O) groups excluding carboxylic acids is 3. The van der Waals surface area contributed by atoms with Gasteiger partial charge in [0.05, 0.1) is 6.54 Å². The van der Waals surface area contributed by atoms with E-state index in [4.69, 9.17) is 30.5 Å². The molecule has 0 fully saturated rings. The Morgan fingerprint density at radius 1 is 1.14 bits per heavy atom. The second-order valence-corrected chi connectivity index (χ2v) is 9.84. The van der Waals surface area contributed by atoms with Gasteiger partial charge < -0.3 is 23.7 Å². The Hall–Kier alpha value is -3.00. The molecule has 3 atom stereocenters. The van der Waals surface area contributed by atoms with E-state index in [2.05, 4.69) is 15.0 Å². The number of carbonyl (C=O) groups is 3. The van der Waals surface area contributed by atoms with Crippen LogP contribution in [-0.2, 0) is 35.0 Å². The zero-order valence-corrected chi connectivity index (χ0v) is 22.2. The third kappa shape index (κ3) is 13.2. The molecule has 0 unspecified atom stereocenters. The molecule has 1 N–H and O–H groups in total. The molecule has 12 nitrogen and oxygen atoms in total. The lowest BCUT2D eigenvalue weighted by molar-refractivity contribution is -0.175. The molecule has 0 aliphatic heterocycles. The molecule has 0 bridgehead atoms. The molecule has 0 aliphatic rings. The van der Waals surface area contributed by atoms with Crippen molar-refractivity contribution in [1.82, 2.24) is 9.55 Å². The van der Waals surface area contributed by atoms with E-state index in [1.807, 2.05) is 0 Å². The van der Waals surface area contributed by atoms with Gasteiger partial charge in [-0.1, -0.05) is 0 Å². The molecule has 1 aromatic rings. The van der Waals surface area contributed by atoms with Crippen molar-refractivity contribution in [2.24, 2.45) is 0 Å². The third-order valence-corrected chi connectivity index (χ3v) is 4.07. The average molecular weight is 556 g/mol. The van der Waals surface area contributed by atoms with Crippen LogP contribution >= 0.6 is 11.6 Å². The Labute approximate surface area is 217 Å². The number of hydrogen-bond donors (Lipinski definition) is 1. The van der Waals surface area contributed by atoms with Crippen LogP contribution in [0.15, 0.2) is 17.1 Å². The normalized spacial score (nSPS) is 14.2. The molecule has 1 amide bonds. The van der Waals surface area contributed by atoms with Crippen LogP contribution < -0.4 is 11.0 Å². The summed E-state index contributed by atoms with van der Waals surface area (Å²) in [5.74, 6) is -1.59. The Kier molecular flexibility index (Phi) is 12.2. The van der Waals surface area contributed by atoms with Crippen molar-refractivity contribution in [2.75, 3.05) is 24.5 Å². The van der Waals surface area contributed by atoms with Gasteiger partial charge in [0.1, 0.15) is 42.3 Å². The molecule has 37 heavy (non-hydrogen) atoms. The zero-order chi connectivity index (χ0) is 28.4. The molecular formula is C22H32ClF2N3O9. The molecule has 210 valence electrons. The standard InChI is InChI=1S/C22H32ClF2N3O9/c1-21(2,3)36-19(31)27-15-7-8-28(18(30)26-15)11-13(10-24)34-14(12-33-16(29)9-23)17(25)35-20(32)37-22(4,5)6/h7-8,13-14,17H,9-12H2,1-6H3,(H,26,27,30,31)/t13-,14-,17-/m1/s1. The van der Waals surface area contributed by atoms with Gasteiger partial charge >= 0.3 is 23.9 Å². The van der Waals surface area contributed by atoms with Crippen molar-refractivity contribution in [1.29, 1.82) is 0 Å². The van der Waals surface area contributed by atoms with E-state index < -0.39 is 79.4 Å². The predicted octanol–water partition coefficient (Wildman–Crippen LogP) is 3.34. The van der Waals surface area contributed by atoms with Crippen molar-refractivity contribution < 1.29 is 46.8 Å². The van der Waals surface area contributed by atoms with E-state index in [0.29, 0.717) is 0 Å². The number of alkyl halides is 3. The van der Waals surface area contributed by atoms with E-state index in [1.54, 1.807) is 20.8 Å². The zero-order valence-electron chi connectivity index (χ0n) is 21.4. The highest BCUT2D eigenvalue weighted by atomic mass is 35.5. The van der Waals surface area contributed by atoms with Crippen molar-refractivity contribution in [3.05, 3.63) is 22.7 Å². The summed E-state index contributed by atoms with van der Waals surface area (Å²) >= 11 is 5.35. The lowest BCUT2D eigenvalue weighted by Crippen LogP contribution is -2.41. The monoisotopic (exact) mass is 555 g/mol. The molecule has 1 rings (SSSR count). The number of halogens is 3. The topological polar surface area (TPSA) is 144 Å². The van der Waals surface area contributed by atoms with Crippen LogP contribution in [0.25, 0.3) is 0 Å². The molecule has 0 spiro atoms. The first-order valence-electron chi connectivity index (χ1n) is 11.1. The first-order valence-corrected chi connectivity index (χ1v) is 11.6. The molecule has 0 saturated heterocycles. The molecule has 15 heteroatoms. The largest absolute Gasteiger partial charge is 0.511 e. The smallest absolute Gasteiger partial charge is 0.462 e. The maximum Gasteiger partial charge on any atom is 0.511 e. The van der Waals surface area contributed by atoms with Gasteiger partial charge in [-0.05, 0) is 47.6 Å². The van der Waals surface area contributed by atoms with Gasteiger partial charge in [0.25, 0.3) is 6.36 Å². The number of amides is 1. The minimum atomic E-state index is -2.53. The highest BCUT2D eigenvalue weighted by Gasteiger charge is 2.32. The maximum absolute atomic E-state index is 14.7. The molecule has 0 saturated carbocycles. The molecule has 0 aliphatic carbocycles. The van der Waals surface area contributed by atoms with E-state index in [0.717, 1.165) is 4.57 Å². The summed E-state index contributed by atoms with van der Waals surface area (Å²) in [6.07, 6.45) is -6.78. The van der Waals surface area contributed by atoms with Gasteiger partial charge in [-0.15, -0.1) is 11.6 Å². The first kappa shape index (κ1) is 32.0. The fraction of sp³-hybridized carbons (Fsp3) is 0.682. The van der Waals surface area contributed by atoms with Crippen LogP contribution in [0.3, 0.4) is 0 Å². The van der Waals surface area contributed by atoms with E-state index in [9.17, 15) is 28.0 Å². The van der Waals surface area contributed by atoms with E-state index >= 15 is 0 Å². The average Bonchev–Trinajstić information content (AvgIpc) is 2.74. The molecule has 0 radical (unpaired) electrons. The number of ether oxygens (including phenoxy) is 5. The second-order valence-electron chi connectivity index (χ2n) is 9.58. The van der Waals surface area contributed by atoms with Crippen molar-refractivity contribution >= 4 is 35.6 Å². The quantitative estimate of drug-likeness (QED) is 0.245. The van der Waals surface area contributed by atoms with Gasteiger partial charge in [-0.2, -0.15) is 9.37 Å². The van der Waals surface area contributed by atoms with Gasteiger partial charge in [0, 0.05) is 6.20 Å². The van der Waals surface area contributed by atoms with E-state index in [-0.39, 0.29) is 5.82 Å². The van der Waals surface area contributed by atoms with Gasteiger partial charge in [0.2, 0.25) is 0 Å². The number of hydrogen-bond acceptors (Lipinski definition) is 10.